The Morgan fingerprint density at radius 3 is 2.76 bits per heavy atom. The average molecular weight is 234 g/mol. The standard InChI is InChI=1S/C14H22N2O/c1-14(2,16-11-8-9-15-10-11)12-6-4-5-7-13(12)17-3/h4-7,11,15-16H,8-10H2,1-3H3. The van der Waals surface area contributed by atoms with E-state index in [9.17, 15) is 0 Å². The Bertz CT molecular complexity index is 370. The lowest BCUT2D eigenvalue weighted by Crippen LogP contribution is -2.44. The van der Waals surface area contributed by atoms with Crippen LogP contribution in [0.1, 0.15) is 25.8 Å². The summed E-state index contributed by atoms with van der Waals surface area (Å²) >= 11 is 0. The van der Waals surface area contributed by atoms with Gasteiger partial charge in [0.2, 0.25) is 0 Å². The molecule has 2 rings (SSSR count). The van der Waals surface area contributed by atoms with E-state index in [1.54, 1.807) is 7.11 Å². The van der Waals surface area contributed by atoms with Crippen molar-refractivity contribution in [3.05, 3.63) is 29.8 Å². The molecule has 1 fully saturated rings. The van der Waals surface area contributed by atoms with Gasteiger partial charge < -0.3 is 15.4 Å². The summed E-state index contributed by atoms with van der Waals surface area (Å²) in [6.07, 6.45) is 1.19. The molecule has 1 aliphatic rings. The van der Waals surface area contributed by atoms with Gasteiger partial charge in [0.15, 0.2) is 0 Å². The second-order valence-corrected chi connectivity index (χ2v) is 5.16. The van der Waals surface area contributed by atoms with E-state index in [0.717, 1.165) is 18.8 Å². The van der Waals surface area contributed by atoms with Gasteiger partial charge in [0.1, 0.15) is 5.75 Å². The van der Waals surface area contributed by atoms with Gasteiger partial charge in [-0.25, -0.2) is 0 Å². The summed E-state index contributed by atoms with van der Waals surface area (Å²) in [6.45, 7) is 6.59. The molecule has 1 unspecified atom stereocenters. The van der Waals surface area contributed by atoms with Crippen molar-refractivity contribution in [2.75, 3.05) is 20.2 Å². The van der Waals surface area contributed by atoms with Crippen LogP contribution in [-0.2, 0) is 5.54 Å². The highest BCUT2D eigenvalue weighted by Crippen LogP contribution is 2.30. The molecule has 94 valence electrons. The van der Waals surface area contributed by atoms with Crippen molar-refractivity contribution in [1.29, 1.82) is 0 Å². The Labute approximate surface area is 104 Å². The smallest absolute Gasteiger partial charge is 0.123 e. The van der Waals surface area contributed by atoms with Gasteiger partial charge in [0.25, 0.3) is 0 Å². The Kier molecular flexibility index (Phi) is 3.69. The molecule has 0 aliphatic carbocycles. The minimum Gasteiger partial charge on any atom is -0.496 e. The van der Waals surface area contributed by atoms with E-state index in [0.29, 0.717) is 6.04 Å². The summed E-state index contributed by atoms with van der Waals surface area (Å²) in [5.74, 6) is 0.955. The van der Waals surface area contributed by atoms with Crippen LogP contribution in [0.5, 0.6) is 5.75 Å². The first kappa shape index (κ1) is 12.4. The molecule has 0 bridgehead atoms. The van der Waals surface area contributed by atoms with Gasteiger partial charge in [0, 0.05) is 23.7 Å². The van der Waals surface area contributed by atoms with Gasteiger partial charge in [-0.1, -0.05) is 18.2 Å². The fourth-order valence-corrected chi connectivity index (χ4v) is 2.53. The number of ether oxygens (including phenoxy) is 1. The number of benzene rings is 1. The molecule has 1 aromatic rings. The van der Waals surface area contributed by atoms with Crippen molar-refractivity contribution in [2.45, 2.75) is 31.8 Å². The zero-order chi connectivity index (χ0) is 12.3. The molecule has 2 N–H and O–H groups in total. The first-order valence-electron chi connectivity index (χ1n) is 6.25. The van der Waals surface area contributed by atoms with E-state index in [1.165, 1.54) is 12.0 Å². The zero-order valence-electron chi connectivity index (χ0n) is 10.9. The number of rotatable bonds is 4. The second kappa shape index (κ2) is 5.07. The molecule has 17 heavy (non-hydrogen) atoms. The summed E-state index contributed by atoms with van der Waals surface area (Å²) in [6, 6.07) is 8.78. The fraction of sp³-hybridized carbons (Fsp3) is 0.571. The lowest BCUT2D eigenvalue weighted by molar-refractivity contribution is 0.330. The first-order chi connectivity index (χ1) is 8.13. The van der Waals surface area contributed by atoms with Crippen LogP contribution in [0.4, 0.5) is 0 Å². The van der Waals surface area contributed by atoms with Crippen LogP contribution < -0.4 is 15.4 Å². The van der Waals surface area contributed by atoms with Gasteiger partial charge in [0.05, 0.1) is 7.11 Å². The van der Waals surface area contributed by atoms with Crippen LogP contribution in [-0.4, -0.2) is 26.2 Å². The van der Waals surface area contributed by atoms with E-state index in [1.807, 2.05) is 12.1 Å². The lowest BCUT2D eigenvalue weighted by atomic mass is 9.92. The maximum absolute atomic E-state index is 5.44. The van der Waals surface area contributed by atoms with Crippen LogP contribution in [0, 0.1) is 0 Å². The maximum Gasteiger partial charge on any atom is 0.123 e. The van der Waals surface area contributed by atoms with Crippen molar-refractivity contribution in [1.82, 2.24) is 10.6 Å². The topological polar surface area (TPSA) is 33.3 Å². The predicted molar refractivity (Wildman–Crippen MR) is 70.4 cm³/mol. The van der Waals surface area contributed by atoms with E-state index in [4.69, 9.17) is 4.74 Å². The molecule has 0 radical (unpaired) electrons. The van der Waals surface area contributed by atoms with Crippen LogP contribution in [0.2, 0.25) is 0 Å². The predicted octanol–water partition coefficient (Wildman–Crippen LogP) is 1.88. The Hall–Kier alpha value is -1.06. The van der Waals surface area contributed by atoms with Crippen molar-refractivity contribution in [3.63, 3.8) is 0 Å². The summed E-state index contributed by atoms with van der Waals surface area (Å²) in [5.41, 5.74) is 1.15. The molecule has 0 amide bonds. The molecular weight excluding hydrogens is 212 g/mol. The van der Waals surface area contributed by atoms with Crippen molar-refractivity contribution in [3.8, 4) is 5.75 Å². The minimum atomic E-state index is -0.0662. The lowest BCUT2D eigenvalue weighted by Gasteiger charge is -2.31. The van der Waals surface area contributed by atoms with E-state index in [-0.39, 0.29) is 5.54 Å². The van der Waals surface area contributed by atoms with Gasteiger partial charge in [-0.05, 0) is 32.9 Å². The molecule has 1 heterocycles. The molecule has 1 aliphatic heterocycles. The van der Waals surface area contributed by atoms with E-state index in [2.05, 4.69) is 36.6 Å². The normalized spacial score (nSPS) is 20.5. The largest absolute Gasteiger partial charge is 0.496 e. The van der Waals surface area contributed by atoms with E-state index < -0.39 is 0 Å². The second-order valence-electron chi connectivity index (χ2n) is 5.16. The Morgan fingerprint density at radius 1 is 1.35 bits per heavy atom. The van der Waals surface area contributed by atoms with Crippen LogP contribution >= 0.6 is 0 Å². The maximum atomic E-state index is 5.44. The molecule has 3 heteroatoms. The van der Waals surface area contributed by atoms with E-state index >= 15 is 0 Å². The highest BCUT2D eigenvalue weighted by Gasteiger charge is 2.28. The fourth-order valence-electron chi connectivity index (χ4n) is 2.53. The van der Waals surface area contributed by atoms with Crippen molar-refractivity contribution < 1.29 is 4.74 Å². The molecule has 1 aromatic carbocycles. The number of nitrogens with one attached hydrogen (secondary N) is 2. The molecule has 0 aromatic heterocycles. The van der Waals surface area contributed by atoms with Crippen LogP contribution in [0.15, 0.2) is 24.3 Å². The zero-order valence-corrected chi connectivity index (χ0v) is 10.9. The average Bonchev–Trinajstić information content (AvgIpc) is 2.81. The van der Waals surface area contributed by atoms with Gasteiger partial charge in [-0.15, -0.1) is 0 Å². The monoisotopic (exact) mass is 234 g/mol. The van der Waals surface area contributed by atoms with Gasteiger partial charge >= 0.3 is 0 Å². The van der Waals surface area contributed by atoms with Gasteiger partial charge in [-0.3, -0.25) is 0 Å². The third-order valence-electron chi connectivity index (χ3n) is 3.41. The first-order valence-corrected chi connectivity index (χ1v) is 6.25. The summed E-state index contributed by atoms with van der Waals surface area (Å²) < 4.78 is 5.44. The highest BCUT2D eigenvalue weighted by atomic mass is 16.5. The minimum absolute atomic E-state index is 0.0662. The number of para-hydroxylation sites is 1. The molecule has 3 nitrogen and oxygen atoms in total. The molecule has 0 spiro atoms. The number of hydrogen-bond donors (Lipinski definition) is 2. The SMILES string of the molecule is COc1ccccc1C(C)(C)NC1CCNC1. The van der Waals surface area contributed by atoms with Gasteiger partial charge in [-0.2, -0.15) is 0 Å². The highest BCUT2D eigenvalue weighted by molar-refractivity contribution is 5.38. The number of hydrogen-bond acceptors (Lipinski definition) is 3. The summed E-state index contributed by atoms with van der Waals surface area (Å²) in [5, 5.41) is 7.08. The molecule has 0 saturated carbocycles. The third-order valence-corrected chi connectivity index (χ3v) is 3.41. The van der Waals surface area contributed by atoms with Crippen molar-refractivity contribution in [2.24, 2.45) is 0 Å². The Balaban J connectivity index is 2.17. The quantitative estimate of drug-likeness (QED) is 0.834. The summed E-state index contributed by atoms with van der Waals surface area (Å²) in [4.78, 5) is 0. The number of methoxy groups -OCH3 is 1. The Morgan fingerprint density at radius 2 is 2.12 bits per heavy atom. The molecular formula is C14H22N2O. The third kappa shape index (κ3) is 2.79. The van der Waals surface area contributed by atoms with Crippen LogP contribution in [0.25, 0.3) is 0 Å². The van der Waals surface area contributed by atoms with Crippen molar-refractivity contribution >= 4 is 0 Å². The summed E-state index contributed by atoms with van der Waals surface area (Å²) in [7, 11) is 1.73. The molecule has 1 saturated heterocycles. The molecule has 1 atom stereocenters. The van der Waals surface area contributed by atoms with Crippen LogP contribution in [0.3, 0.4) is 0 Å².